The quantitative estimate of drug-likeness (QED) is 0.531. The molecule has 0 N–H and O–H groups in total. The van der Waals surface area contributed by atoms with Gasteiger partial charge in [-0.25, -0.2) is 9.29 Å². The van der Waals surface area contributed by atoms with E-state index in [-0.39, 0.29) is 5.91 Å². The summed E-state index contributed by atoms with van der Waals surface area (Å²) < 4.78 is 13.4. The minimum absolute atomic E-state index is 0.295. The van der Waals surface area contributed by atoms with Crippen LogP contribution in [0.1, 0.15) is 18.1 Å². The summed E-state index contributed by atoms with van der Waals surface area (Å²) in [7, 11) is 0. The molecule has 0 spiro atoms. The fraction of sp³-hybridized carbons (Fsp3) is 0.0833. The number of hydrogen-bond acceptors (Lipinski definition) is 3. The molecule has 1 aliphatic heterocycles. The van der Waals surface area contributed by atoms with Gasteiger partial charge in [-0.2, -0.15) is 0 Å². The molecule has 0 aromatic heterocycles. The smallest absolute Gasteiger partial charge is 0.268 e. The van der Waals surface area contributed by atoms with Gasteiger partial charge in [0.15, 0.2) is 0 Å². The molecule has 4 rings (SSSR count). The van der Waals surface area contributed by atoms with Gasteiger partial charge in [0, 0.05) is 4.90 Å². The molecule has 3 aromatic carbocycles. The summed E-state index contributed by atoms with van der Waals surface area (Å²) in [5, 5.41) is 0. The molecular formula is C24H18FNO2S. The number of thioether (sulfide) groups is 1. The summed E-state index contributed by atoms with van der Waals surface area (Å²) in [4.78, 5) is 29.0. The van der Waals surface area contributed by atoms with Gasteiger partial charge in [0.25, 0.3) is 11.8 Å². The zero-order valence-electron chi connectivity index (χ0n) is 15.8. The molecule has 0 fully saturated rings. The standard InChI is InChI=1S/C24H18FNO2S/c1-2-16-8-14-19(15-9-16)26-23(27)21(17-10-12-18(25)13-11-17)22(24(26)28)29-20-6-4-3-5-7-20/h3-15H,2H2,1H3. The van der Waals surface area contributed by atoms with Crippen LogP contribution in [-0.2, 0) is 16.0 Å². The lowest BCUT2D eigenvalue weighted by Gasteiger charge is -2.15. The van der Waals surface area contributed by atoms with E-state index in [4.69, 9.17) is 0 Å². The van der Waals surface area contributed by atoms with Crippen molar-refractivity contribution in [1.29, 1.82) is 0 Å². The van der Waals surface area contributed by atoms with Crippen molar-refractivity contribution in [1.82, 2.24) is 0 Å². The zero-order chi connectivity index (χ0) is 20.4. The average molecular weight is 403 g/mol. The molecule has 0 saturated carbocycles. The molecule has 0 saturated heterocycles. The van der Waals surface area contributed by atoms with Crippen LogP contribution >= 0.6 is 11.8 Å². The Hall–Kier alpha value is -3.18. The summed E-state index contributed by atoms with van der Waals surface area (Å²) in [6.45, 7) is 2.05. The van der Waals surface area contributed by atoms with E-state index in [1.54, 1.807) is 12.1 Å². The molecule has 3 nitrogen and oxygen atoms in total. The molecule has 0 bridgehead atoms. The average Bonchev–Trinajstić information content (AvgIpc) is 2.99. The first kappa shape index (κ1) is 19.2. The van der Waals surface area contributed by atoms with Gasteiger partial charge in [-0.3, -0.25) is 9.59 Å². The molecule has 5 heteroatoms. The number of carbonyl (C=O) groups is 2. The van der Waals surface area contributed by atoms with Gasteiger partial charge in [-0.05, 0) is 53.9 Å². The van der Waals surface area contributed by atoms with Gasteiger partial charge in [0.05, 0.1) is 16.2 Å². The zero-order valence-corrected chi connectivity index (χ0v) is 16.6. The van der Waals surface area contributed by atoms with E-state index >= 15 is 0 Å². The molecule has 144 valence electrons. The summed E-state index contributed by atoms with van der Waals surface area (Å²) in [5.74, 6) is -1.16. The molecule has 0 unspecified atom stereocenters. The molecule has 0 radical (unpaired) electrons. The van der Waals surface area contributed by atoms with Crippen molar-refractivity contribution in [2.45, 2.75) is 18.2 Å². The van der Waals surface area contributed by atoms with Crippen molar-refractivity contribution in [3.63, 3.8) is 0 Å². The number of anilines is 1. The summed E-state index contributed by atoms with van der Waals surface area (Å²) in [6, 6.07) is 22.5. The lowest BCUT2D eigenvalue weighted by molar-refractivity contribution is -0.119. The monoisotopic (exact) mass is 403 g/mol. The van der Waals surface area contributed by atoms with Crippen LogP contribution in [0.2, 0.25) is 0 Å². The SMILES string of the molecule is CCc1ccc(N2C(=O)C(Sc3ccccc3)=C(c3ccc(F)cc3)C2=O)cc1. The highest BCUT2D eigenvalue weighted by molar-refractivity contribution is 8.04. The van der Waals surface area contributed by atoms with Crippen molar-refractivity contribution in [3.05, 3.63) is 101 Å². The molecule has 0 atom stereocenters. The fourth-order valence-electron chi connectivity index (χ4n) is 3.20. The Morgan fingerprint density at radius 2 is 1.48 bits per heavy atom. The molecule has 1 aliphatic rings. The van der Waals surface area contributed by atoms with Gasteiger partial charge in [0.2, 0.25) is 0 Å². The van der Waals surface area contributed by atoms with Crippen LogP contribution < -0.4 is 4.90 Å². The lowest BCUT2D eigenvalue weighted by Crippen LogP contribution is -2.31. The molecular weight excluding hydrogens is 385 g/mol. The van der Waals surface area contributed by atoms with Crippen molar-refractivity contribution in [2.24, 2.45) is 0 Å². The number of rotatable bonds is 5. The van der Waals surface area contributed by atoms with Crippen LogP contribution in [0, 0.1) is 5.82 Å². The van der Waals surface area contributed by atoms with Crippen molar-refractivity contribution in [2.75, 3.05) is 4.90 Å². The van der Waals surface area contributed by atoms with Gasteiger partial charge in [-0.15, -0.1) is 0 Å². The summed E-state index contributed by atoms with van der Waals surface area (Å²) >= 11 is 1.25. The lowest BCUT2D eigenvalue weighted by atomic mass is 10.1. The normalized spacial score (nSPS) is 14.1. The number of aryl methyl sites for hydroxylation is 1. The van der Waals surface area contributed by atoms with Crippen molar-refractivity contribution >= 4 is 34.8 Å². The van der Waals surface area contributed by atoms with E-state index in [1.807, 2.05) is 49.4 Å². The van der Waals surface area contributed by atoms with Gasteiger partial charge in [0.1, 0.15) is 5.82 Å². The molecule has 2 amide bonds. The summed E-state index contributed by atoms with van der Waals surface area (Å²) in [5.41, 5.74) is 2.47. The number of hydrogen-bond donors (Lipinski definition) is 0. The van der Waals surface area contributed by atoms with E-state index in [1.165, 1.54) is 40.9 Å². The second-order valence-corrected chi connectivity index (χ2v) is 7.68. The van der Waals surface area contributed by atoms with Crippen molar-refractivity contribution in [3.8, 4) is 0 Å². The maximum Gasteiger partial charge on any atom is 0.272 e. The first-order chi connectivity index (χ1) is 14.1. The number of halogens is 1. The Labute approximate surface area is 172 Å². The highest BCUT2D eigenvalue weighted by atomic mass is 32.2. The van der Waals surface area contributed by atoms with E-state index in [0.717, 1.165) is 16.9 Å². The van der Waals surface area contributed by atoms with Crippen LogP contribution in [0.3, 0.4) is 0 Å². The minimum atomic E-state index is -0.399. The molecule has 1 heterocycles. The third kappa shape index (κ3) is 3.74. The number of imide groups is 1. The van der Waals surface area contributed by atoms with Crippen LogP contribution in [-0.4, -0.2) is 11.8 Å². The Bertz CT molecular complexity index is 1090. The largest absolute Gasteiger partial charge is 0.272 e. The predicted molar refractivity (Wildman–Crippen MR) is 114 cm³/mol. The highest BCUT2D eigenvalue weighted by Gasteiger charge is 2.40. The number of nitrogens with zero attached hydrogens (tertiary/aromatic N) is 1. The second kappa shape index (κ2) is 8.05. The number of amides is 2. The highest BCUT2D eigenvalue weighted by Crippen LogP contribution is 2.41. The minimum Gasteiger partial charge on any atom is -0.268 e. The maximum absolute atomic E-state index is 13.4. The second-order valence-electron chi connectivity index (χ2n) is 6.59. The Morgan fingerprint density at radius 3 is 2.10 bits per heavy atom. The molecule has 29 heavy (non-hydrogen) atoms. The number of carbonyl (C=O) groups excluding carboxylic acids is 2. The predicted octanol–water partition coefficient (Wildman–Crippen LogP) is 5.46. The topological polar surface area (TPSA) is 37.4 Å². The first-order valence-electron chi connectivity index (χ1n) is 9.29. The van der Waals surface area contributed by atoms with E-state index < -0.39 is 11.7 Å². The number of benzene rings is 3. The third-order valence-corrected chi connectivity index (χ3v) is 5.83. The Balaban J connectivity index is 1.79. The van der Waals surface area contributed by atoms with E-state index in [2.05, 4.69) is 0 Å². The van der Waals surface area contributed by atoms with E-state index in [0.29, 0.717) is 21.7 Å². The molecule has 3 aromatic rings. The van der Waals surface area contributed by atoms with Crippen LogP contribution in [0.4, 0.5) is 10.1 Å². The van der Waals surface area contributed by atoms with Crippen molar-refractivity contribution < 1.29 is 14.0 Å². The first-order valence-corrected chi connectivity index (χ1v) is 10.1. The Kier molecular flexibility index (Phi) is 5.32. The van der Waals surface area contributed by atoms with Gasteiger partial charge < -0.3 is 0 Å². The van der Waals surface area contributed by atoms with Crippen LogP contribution in [0.25, 0.3) is 5.57 Å². The Morgan fingerprint density at radius 1 is 0.828 bits per heavy atom. The maximum atomic E-state index is 13.4. The summed E-state index contributed by atoms with van der Waals surface area (Å²) in [6.07, 6.45) is 0.871. The van der Waals surface area contributed by atoms with E-state index in [9.17, 15) is 14.0 Å². The fourth-order valence-corrected chi connectivity index (χ4v) is 4.21. The van der Waals surface area contributed by atoms with Crippen LogP contribution in [0.5, 0.6) is 0 Å². The molecule has 0 aliphatic carbocycles. The van der Waals surface area contributed by atoms with Gasteiger partial charge in [-0.1, -0.05) is 61.2 Å². The third-order valence-electron chi connectivity index (χ3n) is 4.74. The van der Waals surface area contributed by atoms with Crippen LogP contribution in [0.15, 0.2) is 88.7 Å². The van der Waals surface area contributed by atoms with Gasteiger partial charge >= 0.3 is 0 Å².